The zero-order chi connectivity index (χ0) is 12.3. The van der Waals surface area contributed by atoms with Crippen molar-refractivity contribution in [3.05, 3.63) is 35.1 Å². The Morgan fingerprint density at radius 3 is 2.56 bits per heavy atom. The summed E-state index contributed by atoms with van der Waals surface area (Å²) in [6.07, 6.45) is -3.26. The van der Waals surface area contributed by atoms with E-state index in [1.54, 1.807) is 0 Å². The SMILES string of the molecule is NC(=O)C(O)C(O)c1cc(C=O)ccc1F. The third-order valence-corrected chi connectivity index (χ3v) is 2.07. The number of nitrogens with two attached hydrogens (primary N) is 1. The zero-order valence-corrected chi connectivity index (χ0v) is 8.13. The van der Waals surface area contributed by atoms with E-state index < -0.39 is 23.9 Å². The van der Waals surface area contributed by atoms with E-state index in [1.165, 1.54) is 6.07 Å². The van der Waals surface area contributed by atoms with Crippen molar-refractivity contribution < 1.29 is 24.2 Å². The molecule has 0 saturated heterocycles. The summed E-state index contributed by atoms with van der Waals surface area (Å²) in [7, 11) is 0. The van der Waals surface area contributed by atoms with Gasteiger partial charge in [-0.3, -0.25) is 9.59 Å². The maximum Gasteiger partial charge on any atom is 0.249 e. The lowest BCUT2D eigenvalue weighted by Gasteiger charge is -2.15. The molecule has 0 spiro atoms. The van der Waals surface area contributed by atoms with Gasteiger partial charge in [0.1, 0.15) is 18.2 Å². The van der Waals surface area contributed by atoms with E-state index in [0.29, 0.717) is 6.29 Å². The minimum atomic E-state index is -1.92. The van der Waals surface area contributed by atoms with Crippen LogP contribution in [0.15, 0.2) is 18.2 Å². The summed E-state index contributed by atoms with van der Waals surface area (Å²) in [5.41, 5.74) is 4.52. The molecule has 2 unspecified atom stereocenters. The van der Waals surface area contributed by atoms with Gasteiger partial charge in [-0.2, -0.15) is 0 Å². The fourth-order valence-electron chi connectivity index (χ4n) is 1.19. The van der Waals surface area contributed by atoms with E-state index in [-0.39, 0.29) is 11.1 Å². The molecule has 4 N–H and O–H groups in total. The predicted octanol–water partition coefficient (Wildman–Crippen LogP) is -0.482. The van der Waals surface area contributed by atoms with E-state index in [1.807, 2.05) is 0 Å². The lowest BCUT2D eigenvalue weighted by Crippen LogP contribution is -2.34. The van der Waals surface area contributed by atoms with Gasteiger partial charge >= 0.3 is 0 Å². The van der Waals surface area contributed by atoms with Gasteiger partial charge in [0.2, 0.25) is 5.91 Å². The van der Waals surface area contributed by atoms with Gasteiger partial charge in [-0.25, -0.2) is 4.39 Å². The van der Waals surface area contributed by atoms with Crippen molar-refractivity contribution in [1.82, 2.24) is 0 Å². The number of amides is 1. The monoisotopic (exact) mass is 227 g/mol. The number of primary amides is 1. The number of hydrogen-bond donors (Lipinski definition) is 3. The second kappa shape index (κ2) is 4.82. The Hall–Kier alpha value is -1.79. The molecule has 0 bridgehead atoms. The van der Waals surface area contributed by atoms with Crippen LogP contribution in [0, 0.1) is 5.82 Å². The molecule has 5 nitrogen and oxygen atoms in total. The van der Waals surface area contributed by atoms with E-state index in [2.05, 4.69) is 0 Å². The zero-order valence-electron chi connectivity index (χ0n) is 8.13. The van der Waals surface area contributed by atoms with Gasteiger partial charge in [-0.15, -0.1) is 0 Å². The van der Waals surface area contributed by atoms with Gasteiger partial charge in [0.25, 0.3) is 0 Å². The molecular weight excluding hydrogens is 217 g/mol. The van der Waals surface area contributed by atoms with Crippen LogP contribution in [0.1, 0.15) is 22.0 Å². The van der Waals surface area contributed by atoms with Crippen molar-refractivity contribution in [3.63, 3.8) is 0 Å². The third-order valence-electron chi connectivity index (χ3n) is 2.07. The molecule has 16 heavy (non-hydrogen) atoms. The van der Waals surface area contributed by atoms with Crippen molar-refractivity contribution in [2.75, 3.05) is 0 Å². The van der Waals surface area contributed by atoms with Crippen LogP contribution < -0.4 is 5.73 Å². The number of aliphatic hydroxyl groups excluding tert-OH is 2. The van der Waals surface area contributed by atoms with Gasteiger partial charge in [0, 0.05) is 11.1 Å². The highest BCUT2D eigenvalue weighted by molar-refractivity contribution is 5.80. The van der Waals surface area contributed by atoms with Gasteiger partial charge < -0.3 is 15.9 Å². The third kappa shape index (κ3) is 2.41. The molecule has 86 valence electrons. The van der Waals surface area contributed by atoms with Gasteiger partial charge in [-0.05, 0) is 18.2 Å². The van der Waals surface area contributed by atoms with Gasteiger partial charge in [0.05, 0.1) is 0 Å². The molecule has 0 aliphatic rings. The first kappa shape index (κ1) is 12.3. The highest BCUT2D eigenvalue weighted by Crippen LogP contribution is 2.21. The van der Waals surface area contributed by atoms with Crippen LogP contribution in [0.2, 0.25) is 0 Å². The van der Waals surface area contributed by atoms with Crippen molar-refractivity contribution in [2.45, 2.75) is 12.2 Å². The highest BCUT2D eigenvalue weighted by Gasteiger charge is 2.26. The van der Waals surface area contributed by atoms with Crippen LogP contribution in [-0.2, 0) is 4.79 Å². The predicted molar refractivity (Wildman–Crippen MR) is 51.9 cm³/mol. The second-order valence-electron chi connectivity index (χ2n) is 3.19. The van der Waals surface area contributed by atoms with Crippen molar-refractivity contribution in [3.8, 4) is 0 Å². The first-order valence-corrected chi connectivity index (χ1v) is 4.37. The van der Waals surface area contributed by atoms with E-state index in [4.69, 9.17) is 10.8 Å². The van der Waals surface area contributed by atoms with Gasteiger partial charge in [0.15, 0.2) is 6.10 Å². The van der Waals surface area contributed by atoms with E-state index in [0.717, 1.165) is 12.1 Å². The fraction of sp³-hybridized carbons (Fsp3) is 0.200. The van der Waals surface area contributed by atoms with E-state index in [9.17, 15) is 19.1 Å². The normalized spacial score (nSPS) is 14.2. The molecule has 1 rings (SSSR count). The summed E-state index contributed by atoms with van der Waals surface area (Å²) in [5.74, 6) is -2.01. The number of aliphatic hydroxyl groups is 2. The van der Waals surface area contributed by atoms with Crippen molar-refractivity contribution in [2.24, 2.45) is 5.73 Å². The standard InChI is InChI=1S/C10H10FNO4/c11-7-2-1-5(4-13)3-6(7)8(14)9(15)10(12)16/h1-4,8-9,14-15H,(H2,12,16). The Morgan fingerprint density at radius 2 is 2.06 bits per heavy atom. The average Bonchev–Trinajstić information content (AvgIpc) is 2.27. The topological polar surface area (TPSA) is 101 Å². The number of benzene rings is 1. The Bertz CT molecular complexity index is 421. The fourth-order valence-corrected chi connectivity index (χ4v) is 1.19. The molecule has 0 saturated carbocycles. The smallest absolute Gasteiger partial charge is 0.249 e. The molecule has 0 aliphatic carbocycles. The summed E-state index contributed by atoms with van der Waals surface area (Å²) < 4.78 is 13.2. The lowest BCUT2D eigenvalue weighted by atomic mass is 10.0. The number of aldehydes is 1. The Labute approximate surface area is 90.3 Å². The number of hydrogen-bond acceptors (Lipinski definition) is 4. The van der Waals surface area contributed by atoms with E-state index >= 15 is 0 Å². The van der Waals surface area contributed by atoms with Crippen LogP contribution in [0.25, 0.3) is 0 Å². The quantitative estimate of drug-likeness (QED) is 0.604. The molecule has 0 aromatic heterocycles. The molecule has 0 aliphatic heterocycles. The number of halogens is 1. The summed E-state index contributed by atoms with van der Waals surface area (Å²) >= 11 is 0. The summed E-state index contributed by atoms with van der Waals surface area (Å²) in [6, 6.07) is 3.20. The maximum atomic E-state index is 13.2. The molecule has 0 heterocycles. The van der Waals surface area contributed by atoms with Crippen molar-refractivity contribution >= 4 is 12.2 Å². The van der Waals surface area contributed by atoms with Crippen LogP contribution in [-0.4, -0.2) is 28.5 Å². The minimum absolute atomic E-state index is 0.118. The molecule has 1 amide bonds. The van der Waals surface area contributed by atoms with Gasteiger partial charge in [-0.1, -0.05) is 0 Å². The number of carbonyl (C=O) groups excluding carboxylic acids is 2. The van der Waals surface area contributed by atoms with Crippen LogP contribution in [0.3, 0.4) is 0 Å². The summed E-state index contributed by atoms with van der Waals surface area (Å²) in [4.78, 5) is 21.0. The van der Waals surface area contributed by atoms with Crippen molar-refractivity contribution in [1.29, 1.82) is 0 Å². The Kier molecular flexibility index (Phi) is 3.70. The first-order chi connectivity index (χ1) is 7.47. The highest BCUT2D eigenvalue weighted by atomic mass is 19.1. The first-order valence-electron chi connectivity index (χ1n) is 4.37. The molecule has 1 aromatic carbocycles. The Morgan fingerprint density at radius 1 is 1.44 bits per heavy atom. The minimum Gasteiger partial charge on any atom is -0.385 e. The summed E-state index contributed by atoms with van der Waals surface area (Å²) in [5, 5.41) is 18.6. The molecule has 2 atom stereocenters. The van der Waals surface area contributed by atoms with Crippen LogP contribution in [0.5, 0.6) is 0 Å². The Balaban J connectivity index is 3.11. The summed E-state index contributed by atoms with van der Waals surface area (Å²) in [6.45, 7) is 0. The molecule has 6 heteroatoms. The lowest BCUT2D eigenvalue weighted by molar-refractivity contribution is -0.132. The van der Waals surface area contributed by atoms with Crippen LogP contribution in [0.4, 0.5) is 4.39 Å². The maximum absolute atomic E-state index is 13.2. The molecule has 0 radical (unpaired) electrons. The largest absolute Gasteiger partial charge is 0.385 e. The second-order valence-corrected chi connectivity index (χ2v) is 3.19. The van der Waals surface area contributed by atoms with Crippen LogP contribution >= 0.6 is 0 Å². The number of rotatable bonds is 4. The molecule has 1 aromatic rings. The average molecular weight is 227 g/mol. The molecular formula is C10H10FNO4. The molecule has 0 fully saturated rings. The number of carbonyl (C=O) groups is 2.